The van der Waals surface area contributed by atoms with E-state index < -0.39 is 0 Å². The number of rotatable bonds is 4. The number of anilines is 1. The van der Waals surface area contributed by atoms with Crippen LogP contribution in [0.15, 0.2) is 4.47 Å². The molecule has 1 aromatic rings. The van der Waals surface area contributed by atoms with Gasteiger partial charge >= 0.3 is 0 Å². The summed E-state index contributed by atoms with van der Waals surface area (Å²) < 4.78 is 6.70. The van der Waals surface area contributed by atoms with Crippen molar-refractivity contribution in [2.75, 3.05) is 19.0 Å². The number of aromatic nitrogens is 2. The summed E-state index contributed by atoms with van der Waals surface area (Å²) in [5, 5.41) is 3.14. The van der Waals surface area contributed by atoms with Crippen LogP contribution in [-0.4, -0.2) is 29.7 Å². The summed E-state index contributed by atoms with van der Waals surface area (Å²) in [6.45, 7) is 0.884. The minimum absolute atomic E-state index is 0.308. The van der Waals surface area contributed by atoms with Crippen LogP contribution >= 0.6 is 15.9 Å². The highest BCUT2D eigenvalue weighted by Gasteiger charge is 2.29. The molecule has 0 bridgehead atoms. The molecule has 18 heavy (non-hydrogen) atoms. The van der Waals surface area contributed by atoms with E-state index in [0.717, 1.165) is 42.0 Å². The molecule has 2 heterocycles. The molecule has 2 fully saturated rings. The second kappa shape index (κ2) is 5.13. The summed E-state index contributed by atoms with van der Waals surface area (Å²) >= 11 is 3.61. The topological polar surface area (TPSA) is 47.0 Å². The molecule has 1 aliphatic heterocycles. The number of nitrogens with zero attached hydrogens (tertiary/aromatic N) is 2. The van der Waals surface area contributed by atoms with Crippen LogP contribution in [0.3, 0.4) is 0 Å². The first-order valence-electron chi connectivity index (χ1n) is 6.63. The Bertz CT molecular complexity index is 442. The van der Waals surface area contributed by atoms with E-state index >= 15 is 0 Å². The van der Waals surface area contributed by atoms with Crippen molar-refractivity contribution in [2.24, 2.45) is 0 Å². The Morgan fingerprint density at radius 3 is 2.78 bits per heavy atom. The minimum atomic E-state index is 0.308. The van der Waals surface area contributed by atoms with Crippen molar-refractivity contribution in [1.29, 1.82) is 0 Å². The summed E-state index contributed by atoms with van der Waals surface area (Å²) in [4.78, 5) is 9.30. The molecule has 3 rings (SSSR count). The predicted molar refractivity (Wildman–Crippen MR) is 73.9 cm³/mol. The summed E-state index contributed by atoms with van der Waals surface area (Å²) in [6.07, 6.45) is 5.93. The van der Waals surface area contributed by atoms with Gasteiger partial charge in [0, 0.05) is 26.0 Å². The fraction of sp³-hybridized carbons (Fsp3) is 0.692. The predicted octanol–water partition coefficient (Wildman–Crippen LogP) is 2.88. The Kier molecular flexibility index (Phi) is 3.52. The van der Waals surface area contributed by atoms with Gasteiger partial charge in [-0.3, -0.25) is 0 Å². The second-order valence-corrected chi connectivity index (χ2v) is 5.84. The molecule has 0 aromatic carbocycles. The van der Waals surface area contributed by atoms with Crippen LogP contribution in [0.4, 0.5) is 5.82 Å². The van der Waals surface area contributed by atoms with Crippen molar-refractivity contribution in [3.8, 4) is 0 Å². The second-order valence-electron chi connectivity index (χ2n) is 5.05. The van der Waals surface area contributed by atoms with Crippen molar-refractivity contribution in [3.05, 3.63) is 16.0 Å². The van der Waals surface area contributed by atoms with Crippen LogP contribution in [0.5, 0.6) is 0 Å². The highest BCUT2D eigenvalue weighted by atomic mass is 79.9. The van der Waals surface area contributed by atoms with Crippen LogP contribution in [0.1, 0.15) is 43.1 Å². The normalized spacial score (nSPS) is 23.3. The number of halogens is 1. The molecular formula is C13H18BrN3O. The minimum Gasteiger partial charge on any atom is -0.378 e. The maximum atomic E-state index is 5.66. The average molecular weight is 312 g/mol. The highest BCUT2D eigenvalue weighted by molar-refractivity contribution is 9.10. The first kappa shape index (κ1) is 12.4. The van der Waals surface area contributed by atoms with Gasteiger partial charge in [-0.1, -0.05) is 0 Å². The van der Waals surface area contributed by atoms with Crippen LogP contribution in [-0.2, 0) is 11.2 Å². The lowest BCUT2D eigenvalue weighted by atomic mass is 10.1. The van der Waals surface area contributed by atoms with Crippen LogP contribution < -0.4 is 5.32 Å². The molecule has 1 saturated carbocycles. The molecule has 1 saturated heterocycles. The Morgan fingerprint density at radius 1 is 1.33 bits per heavy atom. The van der Waals surface area contributed by atoms with E-state index in [1.165, 1.54) is 18.5 Å². The lowest BCUT2D eigenvalue weighted by Crippen LogP contribution is -2.14. The fourth-order valence-electron chi connectivity index (χ4n) is 2.41. The summed E-state index contributed by atoms with van der Waals surface area (Å²) in [6, 6.07) is 0. The highest BCUT2D eigenvalue weighted by Crippen LogP contribution is 2.43. The molecule has 98 valence electrons. The van der Waals surface area contributed by atoms with Gasteiger partial charge in [0.1, 0.15) is 11.6 Å². The van der Waals surface area contributed by atoms with E-state index in [1.54, 1.807) is 0 Å². The number of hydrogen-bond donors (Lipinski definition) is 1. The lowest BCUT2D eigenvalue weighted by Gasteiger charge is -2.13. The number of hydrogen-bond acceptors (Lipinski definition) is 4. The van der Waals surface area contributed by atoms with Crippen molar-refractivity contribution in [2.45, 2.75) is 44.1 Å². The quantitative estimate of drug-likeness (QED) is 0.929. The lowest BCUT2D eigenvalue weighted by molar-refractivity contribution is 0.110. The van der Waals surface area contributed by atoms with Crippen molar-refractivity contribution in [3.63, 3.8) is 0 Å². The molecule has 0 radical (unpaired) electrons. The van der Waals surface area contributed by atoms with Crippen molar-refractivity contribution < 1.29 is 4.74 Å². The molecule has 0 spiro atoms. The fourth-order valence-corrected chi connectivity index (χ4v) is 3.11. The van der Waals surface area contributed by atoms with Crippen LogP contribution in [0.25, 0.3) is 0 Å². The maximum Gasteiger partial charge on any atom is 0.144 e. The number of ether oxygens (including phenoxy) is 1. The third kappa shape index (κ3) is 2.52. The molecule has 1 N–H and O–H groups in total. The van der Waals surface area contributed by atoms with Gasteiger partial charge in [-0.05, 0) is 41.6 Å². The van der Waals surface area contributed by atoms with E-state index in [-0.39, 0.29) is 0 Å². The van der Waals surface area contributed by atoms with E-state index in [9.17, 15) is 0 Å². The van der Waals surface area contributed by atoms with Gasteiger partial charge in [0.2, 0.25) is 0 Å². The molecule has 4 nitrogen and oxygen atoms in total. The summed E-state index contributed by atoms with van der Waals surface area (Å²) in [5.41, 5.74) is 1.17. The Balaban J connectivity index is 1.86. The molecule has 0 amide bonds. The number of nitrogens with one attached hydrogen (secondary N) is 1. The summed E-state index contributed by atoms with van der Waals surface area (Å²) in [7, 11) is 1.90. The average Bonchev–Trinajstić information content (AvgIpc) is 3.10. The standard InChI is InChI=1S/C13H18BrN3O/c1-15-13-11(14)12(8-4-5-8)16-10(17-13)7-9-3-2-6-18-9/h8-9H,2-7H2,1H3,(H,15,16,17). The van der Waals surface area contributed by atoms with Crippen molar-refractivity contribution >= 4 is 21.7 Å². The first-order chi connectivity index (χ1) is 8.78. The van der Waals surface area contributed by atoms with Gasteiger partial charge in [-0.25, -0.2) is 9.97 Å². The maximum absolute atomic E-state index is 5.66. The van der Waals surface area contributed by atoms with Crippen LogP contribution in [0.2, 0.25) is 0 Å². The SMILES string of the molecule is CNc1nc(CC2CCCO2)nc(C2CC2)c1Br. The van der Waals surface area contributed by atoms with E-state index in [2.05, 4.69) is 26.2 Å². The Hall–Kier alpha value is -0.680. The third-order valence-electron chi connectivity index (χ3n) is 3.56. The van der Waals surface area contributed by atoms with Gasteiger partial charge < -0.3 is 10.1 Å². The van der Waals surface area contributed by atoms with Crippen molar-refractivity contribution in [1.82, 2.24) is 9.97 Å². The van der Waals surface area contributed by atoms with E-state index in [4.69, 9.17) is 9.72 Å². The third-order valence-corrected chi connectivity index (χ3v) is 4.34. The van der Waals surface area contributed by atoms with Crippen LogP contribution in [0, 0.1) is 0 Å². The van der Waals surface area contributed by atoms with Gasteiger partial charge in [-0.2, -0.15) is 0 Å². The van der Waals surface area contributed by atoms with Gasteiger partial charge in [0.05, 0.1) is 16.3 Å². The zero-order valence-corrected chi connectivity index (χ0v) is 12.2. The molecule has 2 aliphatic rings. The molecule has 1 aromatic heterocycles. The zero-order chi connectivity index (χ0) is 12.5. The monoisotopic (exact) mass is 311 g/mol. The summed E-state index contributed by atoms with van der Waals surface area (Å²) in [5.74, 6) is 2.44. The van der Waals surface area contributed by atoms with E-state index in [0.29, 0.717) is 12.0 Å². The first-order valence-corrected chi connectivity index (χ1v) is 7.43. The largest absolute Gasteiger partial charge is 0.378 e. The van der Waals surface area contributed by atoms with Gasteiger partial charge in [-0.15, -0.1) is 0 Å². The molecular weight excluding hydrogens is 294 g/mol. The van der Waals surface area contributed by atoms with E-state index in [1.807, 2.05) is 7.05 Å². The molecule has 1 aliphatic carbocycles. The molecule has 1 atom stereocenters. The van der Waals surface area contributed by atoms with Gasteiger partial charge in [0.15, 0.2) is 0 Å². The molecule has 5 heteroatoms. The molecule has 1 unspecified atom stereocenters. The Morgan fingerprint density at radius 2 is 2.17 bits per heavy atom. The van der Waals surface area contributed by atoms with Gasteiger partial charge in [0.25, 0.3) is 0 Å². The Labute approximate surface area is 116 Å². The zero-order valence-electron chi connectivity index (χ0n) is 10.6. The smallest absolute Gasteiger partial charge is 0.144 e.